The third-order valence-corrected chi connectivity index (χ3v) is 4.87. The maximum atomic E-state index is 13.3. The average Bonchev–Trinajstić information content (AvgIpc) is 2.64. The van der Waals surface area contributed by atoms with Gasteiger partial charge in [0.15, 0.2) is 0 Å². The number of aliphatic hydroxyl groups is 1. The van der Waals surface area contributed by atoms with E-state index in [0.717, 1.165) is 11.1 Å². The molecule has 0 radical (unpaired) electrons. The van der Waals surface area contributed by atoms with Gasteiger partial charge in [0.1, 0.15) is 11.4 Å². The SMILES string of the molecule is OC(CNCc1ccc(Cl)cc1Cl)(c1ccccc1)c1ccc(F)cc1. The van der Waals surface area contributed by atoms with Crippen LogP contribution < -0.4 is 5.32 Å². The van der Waals surface area contributed by atoms with Gasteiger partial charge in [0.05, 0.1) is 0 Å². The number of benzene rings is 3. The molecule has 0 saturated carbocycles. The lowest BCUT2D eigenvalue weighted by atomic mass is 9.86. The number of hydrogen-bond acceptors (Lipinski definition) is 2. The van der Waals surface area contributed by atoms with E-state index in [1.54, 1.807) is 24.3 Å². The van der Waals surface area contributed by atoms with Crippen molar-refractivity contribution < 1.29 is 9.50 Å². The van der Waals surface area contributed by atoms with Crippen LogP contribution in [0.3, 0.4) is 0 Å². The zero-order chi connectivity index (χ0) is 18.6. The highest BCUT2D eigenvalue weighted by Gasteiger charge is 2.31. The smallest absolute Gasteiger partial charge is 0.127 e. The number of nitrogens with one attached hydrogen (secondary N) is 1. The summed E-state index contributed by atoms with van der Waals surface area (Å²) in [5.41, 5.74) is 0.917. The van der Waals surface area contributed by atoms with Crippen LogP contribution in [0.1, 0.15) is 16.7 Å². The van der Waals surface area contributed by atoms with Crippen LogP contribution in [0.15, 0.2) is 72.8 Å². The molecule has 3 aromatic rings. The normalized spacial score (nSPS) is 13.4. The summed E-state index contributed by atoms with van der Waals surface area (Å²) >= 11 is 12.1. The molecule has 1 atom stereocenters. The minimum absolute atomic E-state index is 0.238. The Balaban J connectivity index is 1.83. The molecule has 0 fully saturated rings. The summed E-state index contributed by atoms with van der Waals surface area (Å²) in [5.74, 6) is -0.343. The molecule has 0 aliphatic carbocycles. The van der Waals surface area contributed by atoms with Gasteiger partial charge in [0.2, 0.25) is 0 Å². The van der Waals surface area contributed by atoms with Gasteiger partial charge in [-0.1, -0.05) is 71.7 Å². The predicted octanol–water partition coefficient (Wildman–Crippen LogP) is 5.16. The van der Waals surface area contributed by atoms with Crippen molar-refractivity contribution in [1.82, 2.24) is 5.32 Å². The average molecular weight is 390 g/mol. The number of hydrogen-bond donors (Lipinski definition) is 2. The van der Waals surface area contributed by atoms with Crippen molar-refractivity contribution in [3.05, 3.63) is 105 Å². The highest BCUT2D eigenvalue weighted by molar-refractivity contribution is 6.35. The molecule has 3 rings (SSSR count). The monoisotopic (exact) mass is 389 g/mol. The largest absolute Gasteiger partial charge is 0.379 e. The highest BCUT2D eigenvalue weighted by atomic mass is 35.5. The highest BCUT2D eigenvalue weighted by Crippen LogP contribution is 2.29. The maximum Gasteiger partial charge on any atom is 0.127 e. The van der Waals surface area contributed by atoms with Crippen LogP contribution in [0.5, 0.6) is 0 Å². The zero-order valence-electron chi connectivity index (χ0n) is 13.9. The zero-order valence-corrected chi connectivity index (χ0v) is 15.4. The second kappa shape index (κ2) is 8.19. The van der Waals surface area contributed by atoms with Crippen LogP contribution >= 0.6 is 23.2 Å². The molecule has 0 aliphatic rings. The van der Waals surface area contributed by atoms with Gasteiger partial charge >= 0.3 is 0 Å². The van der Waals surface area contributed by atoms with Gasteiger partial charge in [-0.15, -0.1) is 0 Å². The molecule has 0 amide bonds. The molecular weight excluding hydrogens is 372 g/mol. The van der Waals surface area contributed by atoms with Gasteiger partial charge in [0, 0.05) is 23.1 Å². The molecule has 5 heteroatoms. The van der Waals surface area contributed by atoms with E-state index in [1.807, 2.05) is 36.4 Å². The molecule has 134 valence electrons. The minimum atomic E-state index is -1.30. The van der Waals surface area contributed by atoms with Crippen molar-refractivity contribution >= 4 is 23.2 Å². The van der Waals surface area contributed by atoms with Crippen LogP contribution in [0.25, 0.3) is 0 Å². The Bertz CT molecular complexity index is 871. The van der Waals surface area contributed by atoms with Crippen molar-refractivity contribution in [3.8, 4) is 0 Å². The summed E-state index contributed by atoms with van der Waals surface area (Å²) in [6.07, 6.45) is 0. The Morgan fingerprint density at radius 3 is 2.19 bits per heavy atom. The van der Waals surface area contributed by atoms with Gasteiger partial charge in [-0.2, -0.15) is 0 Å². The Hall–Kier alpha value is -1.91. The fourth-order valence-corrected chi connectivity index (χ4v) is 3.33. The molecule has 0 aliphatic heterocycles. The minimum Gasteiger partial charge on any atom is -0.379 e. The Morgan fingerprint density at radius 2 is 1.54 bits per heavy atom. The lowest BCUT2D eigenvalue weighted by molar-refractivity contribution is 0.0795. The third kappa shape index (κ3) is 4.25. The Labute approximate surface area is 162 Å². The molecular formula is C21H18Cl2FNO. The van der Waals surface area contributed by atoms with E-state index in [-0.39, 0.29) is 12.4 Å². The molecule has 0 saturated heterocycles. The van der Waals surface area contributed by atoms with Crippen LogP contribution in [0.4, 0.5) is 4.39 Å². The van der Waals surface area contributed by atoms with Crippen molar-refractivity contribution in [1.29, 1.82) is 0 Å². The molecule has 0 heterocycles. The molecule has 0 bridgehead atoms. The van der Waals surface area contributed by atoms with Gasteiger partial charge in [-0.3, -0.25) is 0 Å². The van der Waals surface area contributed by atoms with Gasteiger partial charge in [0.25, 0.3) is 0 Å². The van der Waals surface area contributed by atoms with E-state index in [1.165, 1.54) is 12.1 Å². The molecule has 1 unspecified atom stereocenters. The summed E-state index contributed by atoms with van der Waals surface area (Å²) < 4.78 is 13.3. The van der Waals surface area contributed by atoms with E-state index in [4.69, 9.17) is 23.2 Å². The van der Waals surface area contributed by atoms with E-state index in [9.17, 15) is 9.50 Å². The lowest BCUT2D eigenvalue weighted by Gasteiger charge is -2.30. The van der Waals surface area contributed by atoms with E-state index >= 15 is 0 Å². The summed E-state index contributed by atoms with van der Waals surface area (Å²) in [7, 11) is 0. The van der Waals surface area contributed by atoms with Crippen LogP contribution in [0.2, 0.25) is 10.0 Å². The van der Waals surface area contributed by atoms with Crippen LogP contribution in [-0.4, -0.2) is 11.7 Å². The van der Waals surface area contributed by atoms with Crippen molar-refractivity contribution in [3.63, 3.8) is 0 Å². The van der Waals surface area contributed by atoms with Crippen molar-refractivity contribution in [2.75, 3.05) is 6.54 Å². The maximum absolute atomic E-state index is 13.3. The van der Waals surface area contributed by atoms with E-state index < -0.39 is 5.60 Å². The topological polar surface area (TPSA) is 32.3 Å². The molecule has 2 nitrogen and oxygen atoms in total. The summed E-state index contributed by atoms with van der Waals surface area (Å²) in [4.78, 5) is 0. The number of rotatable bonds is 6. The first-order chi connectivity index (χ1) is 12.5. The second-order valence-corrected chi connectivity index (χ2v) is 6.92. The molecule has 26 heavy (non-hydrogen) atoms. The quantitative estimate of drug-likeness (QED) is 0.610. The van der Waals surface area contributed by atoms with Crippen molar-refractivity contribution in [2.45, 2.75) is 12.1 Å². The number of halogens is 3. The third-order valence-electron chi connectivity index (χ3n) is 4.28. The fraction of sp³-hybridized carbons (Fsp3) is 0.143. The summed E-state index contributed by atoms with van der Waals surface area (Å²) in [6, 6.07) is 20.5. The molecule has 0 aromatic heterocycles. The second-order valence-electron chi connectivity index (χ2n) is 6.07. The van der Waals surface area contributed by atoms with Crippen LogP contribution in [-0.2, 0) is 12.1 Å². The Kier molecular flexibility index (Phi) is 5.94. The predicted molar refractivity (Wildman–Crippen MR) is 104 cm³/mol. The first kappa shape index (κ1) is 18.9. The first-order valence-electron chi connectivity index (χ1n) is 8.17. The standard InChI is InChI=1S/C21H18Cl2FNO/c22-18-9-6-15(20(23)12-18)13-25-14-21(26,16-4-2-1-3-5-16)17-7-10-19(24)11-8-17/h1-12,25-26H,13-14H2. The molecule has 3 aromatic carbocycles. The van der Waals surface area contributed by atoms with E-state index in [0.29, 0.717) is 22.2 Å². The fourth-order valence-electron chi connectivity index (χ4n) is 2.85. The summed E-state index contributed by atoms with van der Waals surface area (Å²) in [6.45, 7) is 0.702. The molecule has 0 spiro atoms. The van der Waals surface area contributed by atoms with Gasteiger partial charge in [-0.05, 0) is 41.0 Å². The first-order valence-corrected chi connectivity index (χ1v) is 8.93. The van der Waals surface area contributed by atoms with Crippen LogP contribution in [0, 0.1) is 5.82 Å². The van der Waals surface area contributed by atoms with E-state index in [2.05, 4.69) is 5.32 Å². The van der Waals surface area contributed by atoms with Gasteiger partial charge in [-0.25, -0.2) is 4.39 Å². The van der Waals surface area contributed by atoms with Gasteiger partial charge < -0.3 is 10.4 Å². The lowest BCUT2D eigenvalue weighted by Crippen LogP contribution is -2.39. The van der Waals surface area contributed by atoms with Crippen molar-refractivity contribution in [2.24, 2.45) is 0 Å². The molecule has 2 N–H and O–H groups in total. The summed E-state index contributed by atoms with van der Waals surface area (Å²) in [5, 5.41) is 15.8. The Morgan fingerprint density at radius 1 is 0.885 bits per heavy atom.